The van der Waals surface area contributed by atoms with Gasteiger partial charge >= 0.3 is 0 Å². The fraction of sp³-hybridized carbons (Fsp3) is 0.588. The molecule has 3 heteroatoms. The van der Waals surface area contributed by atoms with Gasteiger partial charge in [0.05, 0.1) is 12.0 Å². The Kier molecular flexibility index (Phi) is 3.03. The second kappa shape index (κ2) is 4.88. The predicted octanol–water partition coefficient (Wildman–Crippen LogP) is 2.27. The van der Waals surface area contributed by atoms with E-state index in [0.717, 1.165) is 19.5 Å². The summed E-state index contributed by atoms with van der Waals surface area (Å²) in [6.45, 7) is 1.74. The molecule has 1 aromatic rings. The summed E-state index contributed by atoms with van der Waals surface area (Å²) in [5.74, 6) is 0.623. The summed E-state index contributed by atoms with van der Waals surface area (Å²) in [5.41, 5.74) is 2.86. The lowest BCUT2D eigenvalue weighted by molar-refractivity contribution is -0.140. The first-order valence-electron chi connectivity index (χ1n) is 7.95. The lowest BCUT2D eigenvalue weighted by atomic mass is 9.86. The van der Waals surface area contributed by atoms with Gasteiger partial charge in [-0.15, -0.1) is 0 Å². The number of amides is 1. The Morgan fingerprint density at radius 3 is 2.65 bits per heavy atom. The molecule has 1 atom stereocenters. The summed E-state index contributed by atoms with van der Waals surface area (Å²) in [6, 6.07) is 9.57. The highest BCUT2D eigenvalue weighted by molar-refractivity contribution is 5.81. The van der Waals surface area contributed by atoms with E-state index in [9.17, 15) is 4.79 Å². The van der Waals surface area contributed by atoms with E-state index >= 15 is 0 Å². The van der Waals surface area contributed by atoms with Gasteiger partial charge in [0.15, 0.2) is 0 Å². The highest BCUT2D eigenvalue weighted by Crippen LogP contribution is 2.41. The number of aryl methyl sites for hydroxylation is 1. The third-order valence-electron chi connectivity index (χ3n) is 5.00. The van der Waals surface area contributed by atoms with Crippen LogP contribution >= 0.6 is 0 Å². The average molecular weight is 270 g/mol. The number of hydrogen-bond donors (Lipinski definition) is 1. The lowest BCUT2D eigenvalue weighted by Gasteiger charge is -2.40. The molecule has 0 spiro atoms. The number of nitrogens with zero attached hydrogens (tertiary/aromatic N) is 1. The van der Waals surface area contributed by atoms with Gasteiger partial charge in [-0.05, 0) is 43.2 Å². The van der Waals surface area contributed by atoms with Crippen LogP contribution in [0.4, 0.5) is 0 Å². The minimum atomic E-state index is 0.227. The van der Waals surface area contributed by atoms with E-state index in [1.54, 1.807) is 0 Å². The van der Waals surface area contributed by atoms with Crippen LogP contribution in [0.3, 0.4) is 0 Å². The minimum absolute atomic E-state index is 0.227. The molecule has 1 saturated heterocycles. The Morgan fingerprint density at radius 1 is 1.15 bits per heavy atom. The molecule has 20 heavy (non-hydrogen) atoms. The van der Waals surface area contributed by atoms with Gasteiger partial charge in [0.2, 0.25) is 5.91 Å². The molecule has 0 bridgehead atoms. The maximum absolute atomic E-state index is 12.8. The molecule has 0 radical (unpaired) electrons. The summed E-state index contributed by atoms with van der Waals surface area (Å²) in [7, 11) is 0. The molecule has 1 amide bonds. The fourth-order valence-electron chi connectivity index (χ4n) is 3.63. The van der Waals surface area contributed by atoms with Crippen LogP contribution in [0.1, 0.15) is 42.9 Å². The van der Waals surface area contributed by atoms with Crippen LogP contribution in [0.5, 0.6) is 0 Å². The van der Waals surface area contributed by atoms with Gasteiger partial charge in [-0.25, -0.2) is 0 Å². The quantitative estimate of drug-likeness (QED) is 0.914. The minimum Gasteiger partial charge on any atom is -0.332 e. The van der Waals surface area contributed by atoms with Crippen molar-refractivity contribution >= 4 is 5.91 Å². The zero-order valence-corrected chi connectivity index (χ0v) is 11.8. The third-order valence-corrected chi connectivity index (χ3v) is 5.00. The van der Waals surface area contributed by atoms with Crippen LogP contribution in [0, 0.1) is 5.92 Å². The molecule has 3 nitrogen and oxygen atoms in total. The summed E-state index contributed by atoms with van der Waals surface area (Å²) in [4.78, 5) is 15.1. The van der Waals surface area contributed by atoms with E-state index in [1.807, 2.05) is 0 Å². The molecule has 1 aliphatic heterocycles. The number of carbonyl (C=O) groups excluding carboxylic acids is 1. The highest BCUT2D eigenvalue weighted by Gasteiger charge is 2.42. The Bertz CT molecular complexity index is 519. The van der Waals surface area contributed by atoms with E-state index in [-0.39, 0.29) is 5.92 Å². The van der Waals surface area contributed by atoms with Crippen molar-refractivity contribution in [1.29, 1.82) is 0 Å². The summed E-state index contributed by atoms with van der Waals surface area (Å²) in [5, 5.41) is 3.23. The molecule has 3 aliphatic rings. The molecule has 2 fully saturated rings. The van der Waals surface area contributed by atoms with Gasteiger partial charge < -0.3 is 10.2 Å². The Labute approximate surface area is 120 Å². The lowest BCUT2D eigenvalue weighted by Crippen LogP contribution is -2.53. The van der Waals surface area contributed by atoms with E-state index in [0.29, 0.717) is 18.0 Å². The zero-order chi connectivity index (χ0) is 13.5. The third kappa shape index (κ3) is 2.05. The molecule has 1 heterocycles. The first-order valence-corrected chi connectivity index (χ1v) is 7.95. The first kappa shape index (κ1) is 12.4. The number of carbonyl (C=O) groups is 1. The van der Waals surface area contributed by atoms with Crippen molar-refractivity contribution in [2.75, 3.05) is 13.1 Å². The first-order chi connectivity index (χ1) is 9.84. The van der Waals surface area contributed by atoms with E-state index in [1.165, 1.54) is 36.8 Å². The standard InChI is InChI=1S/C17H22N2O/c20-17(13-10-18-11-13)19(14-8-9-14)16-7-3-5-12-4-1-2-6-15(12)16/h1-2,4,6,13-14,16,18H,3,5,7-11H2. The summed E-state index contributed by atoms with van der Waals surface area (Å²) in [6.07, 6.45) is 5.92. The molecule has 106 valence electrons. The van der Waals surface area contributed by atoms with Crippen molar-refractivity contribution in [3.05, 3.63) is 35.4 Å². The average Bonchev–Trinajstić information content (AvgIpc) is 3.22. The molecular weight excluding hydrogens is 248 g/mol. The van der Waals surface area contributed by atoms with Crippen LogP contribution in [-0.2, 0) is 11.2 Å². The van der Waals surface area contributed by atoms with Gasteiger partial charge in [-0.1, -0.05) is 24.3 Å². The van der Waals surface area contributed by atoms with Gasteiger partial charge in [-0.2, -0.15) is 0 Å². The molecule has 2 aliphatic carbocycles. The SMILES string of the molecule is O=C(C1CNC1)N(C1CC1)C1CCCc2ccccc21. The van der Waals surface area contributed by atoms with Crippen LogP contribution < -0.4 is 5.32 Å². The maximum atomic E-state index is 12.8. The van der Waals surface area contributed by atoms with Crippen molar-refractivity contribution in [1.82, 2.24) is 10.2 Å². The largest absolute Gasteiger partial charge is 0.332 e. The highest BCUT2D eigenvalue weighted by atomic mass is 16.2. The topological polar surface area (TPSA) is 32.3 Å². The molecule has 1 aromatic carbocycles. The molecule has 0 aromatic heterocycles. The van der Waals surface area contributed by atoms with Crippen LogP contribution in [0.2, 0.25) is 0 Å². The van der Waals surface area contributed by atoms with Gasteiger partial charge in [-0.3, -0.25) is 4.79 Å². The fourth-order valence-corrected chi connectivity index (χ4v) is 3.63. The van der Waals surface area contributed by atoms with Gasteiger partial charge in [0.25, 0.3) is 0 Å². The van der Waals surface area contributed by atoms with Crippen LogP contribution in [0.25, 0.3) is 0 Å². The van der Waals surface area contributed by atoms with Crippen molar-refractivity contribution in [2.45, 2.75) is 44.2 Å². The molecule has 4 rings (SSSR count). The van der Waals surface area contributed by atoms with E-state index in [4.69, 9.17) is 0 Å². The summed E-state index contributed by atoms with van der Waals surface area (Å²) >= 11 is 0. The molecule has 1 saturated carbocycles. The number of nitrogens with one attached hydrogen (secondary N) is 1. The number of rotatable bonds is 3. The Balaban J connectivity index is 1.65. The molecule has 1 unspecified atom stereocenters. The Morgan fingerprint density at radius 2 is 1.95 bits per heavy atom. The number of fused-ring (bicyclic) bond motifs is 1. The van der Waals surface area contributed by atoms with Gasteiger partial charge in [0, 0.05) is 19.1 Å². The van der Waals surface area contributed by atoms with Crippen molar-refractivity contribution in [3.8, 4) is 0 Å². The Hall–Kier alpha value is -1.35. The van der Waals surface area contributed by atoms with Crippen molar-refractivity contribution in [2.24, 2.45) is 5.92 Å². The van der Waals surface area contributed by atoms with Crippen LogP contribution in [-0.4, -0.2) is 29.9 Å². The molecule has 1 N–H and O–H groups in total. The van der Waals surface area contributed by atoms with Crippen molar-refractivity contribution in [3.63, 3.8) is 0 Å². The molecular formula is C17H22N2O. The monoisotopic (exact) mass is 270 g/mol. The number of benzene rings is 1. The predicted molar refractivity (Wildman–Crippen MR) is 78.3 cm³/mol. The summed E-state index contributed by atoms with van der Waals surface area (Å²) < 4.78 is 0. The normalized spacial score (nSPS) is 25.7. The van der Waals surface area contributed by atoms with Crippen LogP contribution in [0.15, 0.2) is 24.3 Å². The second-order valence-electron chi connectivity index (χ2n) is 6.44. The smallest absolute Gasteiger partial charge is 0.229 e. The second-order valence-corrected chi connectivity index (χ2v) is 6.44. The maximum Gasteiger partial charge on any atom is 0.229 e. The van der Waals surface area contributed by atoms with E-state index < -0.39 is 0 Å². The van der Waals surface area contributed by atoms with E-state index in [2.05, 4.69) is 34.5 Å². The zero-order valence-electron chi connectivity index (χ0n) is 11.8. The van der Waals surface area contributed by atoms with Crippen molar-refractivity contribution < 1.29 is 4.79 Å². The number of hydrogen-bond acceptors (Lipinski definition) is 2. The van der Waals surface area contributed by atoms with Gasteiger partial charge in [0.1, 0.15) is 0 Å².